The fourth-order valence-corrected chi connectivity index (χ4v) is 1.78. The van der Waals surface area contributed by atoms with E-state index in [0.29, 0.717) is 6.61 Å². The number of ether oxygens (including phenoxy) is 1. The first-order valence-corrected chi connectivity index (χ1v) is 6.52. The molecule has 0 aromatic heterocycles. The van der Waals surface area contributed by atoms with Crippen LogP contribution in [0.5, 0.6) is 0 Å². The molecule has 5 nitrogen and oxygen atoms in total. The molecule has 19 heavy (non-hydrogen) atoms. The molecule has 0 spiro atoms. The maximum Gasteiger partial charge on any atom is 0.294 e. The quantitative estimate of drug-likeness (QED) is 0.772. The van der Waals surface area contributed by atoms with Crippen molar-refractivity contribution in [3.63, 3.8) is 0 Å². The van der Waals surface area contributed by atoms with Crippen molar-refractivity contribution in [2.24, 2.45) is 4.99 Å². The Balaban J connectivity index is 2.69. The lowest BCUT2D eigenvalue weighted by Gasteiger charge is -2.28. The van der Waals surface area contributed by atoms with Crippen molar-refractivity contribution in [2.45, 2.75) is 32.4 Å². The van der Waals surface area contributed by atoms with E-state index in [4.69, 9.17) is 4.74 Å². The van der Waals surface area contributed by atoms with Crippen LogP contribution >= 0.6 is 0 Å². The first kappa shape index (κ1) is 15.9. The Labute approximate surface area is 114 Å². The van der Waals surface area contributed by atoms with Gasteiger partial charge in [0.25, 0.3) is 6.02 Å². The molecule has 1 aliphatic heterocycles. The summed E-state index contributed by atoms with van der Waals surface area (Å²) in [6, 6.07) is 0.266. The molecule has 0 bridgehead atoms. The molecule has 0 aromatic carbocycles. The molecule has 0 aromatic rings. The summed E-state index contributed by atoms with van der Waals surface area (Å²) >= 11 is 0. The Kier molecular flexibility index (Phi) is 5.31. The van der Waals surface area contributed by atoms with Crippen LogP contribution in [0.25, 0.3) is 0 Å². The standard InChI is InChI=1S/C13H24FN3O2/c1-6-10(14)11-13(2,18)17(5)12(15-11)19-9-7-8-16(3)4/h18H,6-9H2,1-5H3/b11-10-. The molecule has 0 saturated carbocycles. The van der Waals surface area contributed by atoms with Gasteiger partial charge in [-0.05, 0) is 33.9 Å². The molecule has 110 valence electrons. The third-order valence-corrected chi connectivity index (χ3v) is 3.14. The minimum Gasteiger partial charge on any atom is -0.465 e. The van der Waals surface area contributed by atoms with Crippen LogP contribution in [0.2, 0.25) is 0 Å². The summed E-state index contributed by atoms with van der Waals surface area (Å²) in [7, 11) is 5.61. The molecule has 0 fully saturated rings. The number of halogens is 1. The van der Waals surface area contributed by atoms with Crippen molar-refractivity contribution < 1.29 is 14.2 Å². The van der Waals surface area contributed by atoms with Crippen molar-refractivity contribution >= 4 is 6.02 Å². The number of aliphatic imine (C=N–C) groups is 1. The average Bonchev–Trinajstić information content (AvgIpc) is 2.56. The largest absolute Gasteiger partial charge is 0.465 e. The highest BCUT2D eigenvalue weighted by Crippen LogP contribution is 2.32. The molecule has 0 radical (unpaired) electrons. The van der Waals surface area contributed by atoms with Gasteiger partial charge in [0.15, 0.2) is 5.72 Å². The van der Waals surface area contributed by atoms with E-state index in [1.54, 1.807) is 14.0 Å². The zero-order valence-corrected chi connectivity index (χ0v) is 12.4. The second-order valence-corrected chi connectivity index (χ2v) is 5.09. The second-order valence-electron chi connectivity index (χ2n) is 5.09. The predicted octanol–water partition coefficient (Wildman–Crippen LogP) is 1.56. The van der Waals surface area contributed by atoms with Crippen molar-refractivity contribution in [3.8, 4) is 0 Å². The summed E-state index contributed by atoms with van der Waals surface area (Å²) in [6.07, 6.45) is 1.05. The Bertz CT molecular complexity index is 378. The third-order valence-electron chi connectivity index (χ3n) is 3.14. The topological polar surface area (TPSA) is 48.3 Å². The SMILES string of the molecule is CC/C(F)=C1/N=C(OCCCN(C)C)N(C)C1(C)O. The number of hydrogen-bond donors (Lipinski definition) is 1. The lowest BCUT2D eigenvalue weighted by atomic mass is 10.1. The van der Waals surface area contributed by atoms with E-state index in [9.17, 15) is 9.50 Å². The number of aliphatic hydroxyl groups is 1. The van der Waals surface area contributed by atoms with Gasteiger partial charge in [-0.1, -0.05) is 6.92 Å². The van der Waals surface area contributed by atoms with E-state index in [-0.39, 0.29) is 18.1 Å². The Hall–Kier alpha value is -1.14. The van der Waals surface area contributed by atoms with Crippen LogP contribution in [0.3, 0.4) is 0 Å². The Morgan fingerprint density at radius 3 is 2.68 bits per heavy atom. The third kappa shape index (κ3) is 3.67. The van der Waals surface area contributed by atoms with Crippen LogP contribution < -0.4 is 0 Å². The van der Waals surface area contributed by atoms with Crippen LogP contribution in [0.1, 0.15) is 26.7 Å². The van der Waals surface area contributed by atoms with E-state index in [2.05, 4.69) is 9.89 Å². The average molecular weight is 273 g/mol. The van der Waals surface area contributed by atoms with Gasteiger partial charge in [-0.15, -0.1) is 0 Å². The molecule has 1 N–H and O–H groups in total. The van der Waals surface area contributed by atoms with E-state index in [1.165, 1.54) is 11.8 Å². The molecule has 0 amide bonds. The van der Waals surface area contributed by atoms with Crippen molar-refractivity contribution in [1.29, 1.82) is 0 Å². The lowest BCUT2D eigenvalue weighted by molar-refractivity contribution is -0.00937. The first-order valence-electron chi connectivity index (χ1n) is 6.52. The molecule has 1 unspecified atom stereocenters. The van der Waals surface area contributed by atoms with Crippen molar-refractivity contribution in [1.82, 2.24) is 9.80 Å². The monoisotopic (exact) mass is 273 g/mol. The fraction of sp³-hybridized carbons (Fsp3) is 0.769. The van der Waals surface area contributed by atoms with Crippen molar-refractivity contribution in [3.05, 3.63) is 11.5 Å². The second kappa shape index (κ2) is 6.34. The molecule has 6 heteroatoms. The molecule has 0 saturated heterocycles. The maximum absolute atomic E-state index is 13.7. The number of hydrogen-bond acceptors (Lipinski definition) is 5. The van der Waals surface area contributed by atoms with Gasteiger partial charge in [-0.3, -0.25) is 4.90 Å². The summed E-state index contributed by atoms with van der Waals surface area (Å²) in [4.78, 5) is 7.58. The Morgan fingerprint density at radius 2 is 2.16 bits per heavy atom. The number of amidine groups is 1. The zero-order chi connectivity index (χ0) is 14.6. The highest BCUT2D eigenvalue weighted by molar-refractivity contribution is 5.79. The van der Waals surface area contributed by atoms with Crippen molar-refractivity contribution in [2.75, 3.05) is 34.3 Å². The molecular formula is C13H24FN3O2. The zero-order valence-electron chi connectivity index (χ0n) is 12.4. The maximum atomic E-state index is 13.7. The lowest BCUT2D eigenvalue weighted by Crippen LogP contribution is -2.44. The normalized spacial score (nSPS) is 25.9. The minimum absolute atomic E-state index is 0.0418. The highest BCUT2D eigenvalue weighted by atomic mass is 19.1. The minimum atomic E-state index is -1.45. The summed E-state index contributed by atoms with van der Waals surface area (Å²) in [5.74, 6) is -0.413. The Morgan fingerprint density at radius 1 is 1.53 bits per heavy atom. The van der Waals surface area contributed by atoms with Gasteiger partial charge in [0.2, 0.25) is 0 Å². The van der Waals surface area contributed by atoms with Gasteiger partial charge < -0.3 is 14.7 Å². The molecule has 1 aliphatic rings. The van der Waals surface area contributed by atoms with Crippen LogP contribution in [0, 0.1) is 0 Å². The van der Waals surface area contributed by atoms with Gasteiger partial charge in [0, 0.05) is 13.6 Å². The van der Waals surface area contributed by atoms with Gasteiger partial charge >= 0.3 is 0 Å². The van der Waals surface area contributed by atoms with E-state index >= 15 is 0 Å². The van der Waals surface area contributed by atoms with Crippen LogP contribution in [0.15, 0.2) is 16.5 Å². The van der Waals surface area contributed by atoms with Gasteiger partial charge in [-0.25, -0.2) is 4.39 Å². The number of rotatable bonds is 5. The summed E-state index contributed by atoms with van der Waals surface area (Å²) in [5.41, 5.74) is -1.41. The summed E-state index contributed by atoms with van der Waals surface area (Å²) in [6.45, 7) is 4.58. The number of nitrogens with zero attached hydrogens (tertiary/aromatic N) is 3. The van der Waals surface area contributed by atoms with E-state index in [1.807, 2.05) is 14.1 Å². The molecule has 1 heterocycles. The molecular weight excluding hydrogens is 249 g/mol. The number of allylic oxidation sites excluding steroid dienone is 1. The van der Waals surface area contributed by atoms with Crippen LogP contribution in [-0.2, 0) is 4.74 Å². The fourth-order valence-electron chi connectivity index (χ4n) is 1.78. The smallest absolute Gasteiger partial charge is 0.294 e. The van der Waals surface area contributed by atoms with Crippen LogP contribution in [0.4, 0.5) is 4.39 Å². The number of likely N-dealkylation sites (N-methyl/N-ethyl adjacent to an activating group) is 1. The predicted molar refractivity (Wildman–Crippen MR) is 73.4 cm³/mol. The highest BCUT2D eigenvalue weighted by Gasteiger charge is 2.42. The summed E-state index contributed by atoms with van der Waals surface area (Å²) < 4.78 is 19.2. The van der Waals surface area contributed by atoms with E-state index < -0.39 is 11.6 Å². The molecule has 1 atom stereocenters. The first-order chi connectivity index (χ1) is 8.80. The van der Waals surface area contributed by atoms with Gasteiger partial charge in [-0.2, -0.15) is 4.99 Å². The molecule has 1 rings (SSSR count). The van der Waals surface area contributed by atoms with Gasteiger partial charge in [0.1, 0.15) is 11.5 Å². The van der Waals surface area contributed by atoms with Gasteiger partial charge in [0.05, 0.1) is 6.61 Å². The summed E-state index contributed by atoms with van der Waals surface area (Å²) in [5, 5.41) is 10.3. The van der Waals surface area contributed by atoms with Crippen LogP contribution in [-0.4, -0.2) is 60.9 Å². The molecule has 0 aliphatic carbocycles. The van der Waals surface area contributed by atoms with E-state index in [0.717, 1.165) is 13.0 Å².